The molecular formula is C26H23F3N4O2. The largest absolute Gasteiger partial charge is 0.446 e. The average Bonchev–Trinajstić information content (AvgIpc) is 3.37. The Hall–Kier alpha value is -3.72. The maximum Gasteiger partial charge on any atom is 0.416 e. The number of hydrogen-bond donors (Lipinski definition) is 0. The van der Waals surface area contributed by atoms with E-state index in [-0.39, 0.29) is 5.56 Å². The van der Waals surface area contributed by atoms with Gasteiger partial charge in [0.25, 0.3) is 5.56 Å². The van der Waals surface area contributed by atoms with E-state index in [9.17, 15) is 18.0 Å². The lowest BCUT2D eigenvalue weighted by atomic mass is 10.0. The van der Waals surface area contributed by atoms with Crippen LogP contribution in [-0.4, -0.2) is 26.0 Å². The van der Waals surface area contributed by atoms with Gasteiger partial charge in [-0.05, 0) is 30.2 Å². The molecule has 1 aliphatic heterocycles. The van der Waals surface area contributed by atoms with Gasteiger partial charge in [0.15, 0.2) is 0 Å². The summed E-state index contributed by atoms with van der Waals surface area (Å²) in [5.74, 6) is 0.956. The van der Waals surface area contributed by atoms with Crippen molar-refractivity contribution in [3.63, 3.8) is 0 Å². The molecule has 0 N–H and O–H groups in total. The van der Waals surface area contributed by atoms with Crippen LogP contribution in [-0.2, 0) is 25.7 Å². The summed E-state index contributed by atoms with van der Waals surface area (Å²) in [4.78, 5) is 24.9. The van der Waals surface area contributed by atoms with E-state index in [1.165, 1.54) is 18.4 Å². The van der Waals surface area contributed by atoms with Crippen molar-refractivity contribution in [2.75, 3.05) is 6.54 Å². The highest BCUT2D eigenvalue weighted by Crippen LogP contribution is 2.30. The van der Waals surface area contributed by atoms with Crippen molar-refractivity contribution >= 4 is 0 Å². The number of rotatable bonds is 5. The first-order valence-electron chi connectivity index (χ1n) is 11.2. The van der Waals surface area contributed by atoms with Crippen LogP contribution in [0, 0.1) is 6.92 Å². The maximum absolute atomic E-state index is 13.8. The van der Waals surface area contributed by atoms with Crippen molar-refractivity contribution in [3.05, 3.63) is 117 Å². The number of aromatic nitrogens is 3. The topological polar surface area (TPSA) is 64.2 Å². The van der Waals surface area contributed by atoms with Gasteiger partial charge in [0.2, 0.25) is 5.89 Å². The molecule has 2 aromatic heterocycles. The van der Waals surface area contributed by atoms with Gasteiger partial charge >= 0.3 is 6.18 Å². The second-order valence-corrected chi connectivity index (χ2v) is 8.60. The second kappa shape index (κ2) is 9.14. The van der Waals surface area contributed by atoms with Gasteiger partial charge < -0.3 is 4.42 Å². The van der Waals surface area contributed by atoms with Crippen molar-refractivity contribution in [1.29, 1.82) is 0 Å². The highest BCUT2D eigenvalue weighted by Gasteiger charge is 2.31. The minimum Gasteiger partial charge on any atom is -0.446 e. The zero-order valence-electron chi connectivity index (χ0n) is 19.0. The first-order chi connectivity index (χ1) is 16.8. The second-order valence-electron chi connectivity index (χ2n) is 8.60. The lowest BCUT2D eigenvalue weighted by molar-refractivity contribution is -0.137. The zero-order chi connectivity index (χ0) is 24.6. The Morgan fingerprint density at radius 3 is 2.49 bits per heavy atom. The molecule has 0 radical (unpaired) electrons. The van der Waals surface area contributed by atoms with E-state index in [1.54, 1.807) is 17.7 Å². The van der Waals surface area contributed by atoms with E-state index < -0.39 is 17.8 Å². The van der Waals surface area contributed by atoms with Gasteiger partial charge in [0, 0.05) is 26.1 Å². The average molecular weight is 480 g/mol. The fourth-order valence-corrected chi connectivity index (χ4v) is 4.57. The summed E-state index contributed by atoms with van der Waals surface area (Å²) in [5, 5.41) is 0. The summed E-state index contributed by atoms with van der Waals surface area (Å²) in [5.41, 5.74) is 2.10. The van der Waals surface area contributed by atoms with Crippen LogP contribution in [0.3, 0.4) is 0 Å². The Kier molecular flexibility index (Phi) is 6.02. The Balaban J connectivity index is 1.47. The number of aryl methyl sites for hydroxylation is 1. The summed E-state index contributed by atoms with van der Waals surface area (Å²) in [6.45, 7) is 3.25. The van der Waals surface area contributed by atoms with Crippen LogP contribution in [0.25, 0.3) is 0 Å². The number of nitrogens with zero attached hydrogens (tertiary/aromatic N) is 4. The van der Waals surface area contributed by atoms with Crippen LogP contribution in [0.1, 0.15) is 45.7 Å². The first kappa shape index (κ1) is 23.0. The Labute approximate surface area is 199 Å². The monoisotopic (exact) mass is 480 g/mol. The normalized spacial score (nSPS) is 15.1. The van der Waals surface area contributed by atoms with Gasteiger partial charge in [0.1, 0.15) is 18.1 Å². The quantitative estimate of drug-likeness (QED) is 0.412. The Morgan fingerprint density at radius 2 is 1.83 bits per heavy atom. The molecule has 1 aliphatic rings. The van der Waals surface area contributed by atoms with Crippen LogP contribution in [0.5, 0.6) is 0 Å². The van der Waals surface area contributed by atoms with Crippen molar-refractivity contribution in [3.8, 4) is 0 Å². The van der Waals surface area contributed by atoms with Crippen molar-refractivity contribution in [2.24, 2.45) is 0 Å². The van der Waals surface area contributed by atoms with Gasteiger partial charge in [-0.25, -0.2) is 9.97 Å². The van der Waals surface area contributed by atoms with E-state index in [0.717, 1.165) is 29.0 Å². The van der Waals surface area contributed by atoms with E-state index in [0.29, 0.717) is 43.3 Å². The predicted octanol–water partition coefficient (Wildman–Crippen LogP) is 4.75. The zero-order valence-corrected chi connectivity index (χ0v) is 19.0. The molecule has 0 spiro atoms. The van der Waals surface area contributed by atoms with E-state index in [1.807, 2.05) is 30.3 Å². The fourth-order valence-electron chi connectivity index (χ4n) is 4.57. The van der Waals surface area contributed by atoms with Crippen LogP contribution in [0.2, 0.25) is 0 Å². The van der Waals surface area contributed by atoms with E-state index >= 15 is 0 Å². The predicted molar refractivity (Wildman–Crippen MR) is 123 cm³/mol. The summed E-state index contributed by atoms with van der Waals surface area (Å²) in [6, 6.07) is 14.1. The maximum atomic E-state index is 13.8. The van der Waals surface area contributed by atoms with Crippen LogP contribution < -0.4 is 5.56 Å². The molecule has 1 unspecified atom stereocenters. The van der Waals surface area contributed by atoms with Crippen LogP contribution >= 0.6 is 0 Å². The van der Waals surface area contributed by atoms with Crippen molar-refractivity contribution < 1.29 is 17.6 Å². The third-order valence-electron chi connectivity index (χ3n) is 6.26. The molecule has 3 heterocycles. The summed E-state index contributed by atoms with van der Waals surface area (Å²) in [6.07, 6.45) is -0.760. The highest BCUT2D eigenvalue weighted by molar-refractivity contribution is 5.30. The minimum absolute atomic E-state index is 0.170. The van der Waals surface area contributed by atoms with Crippen molar-refractivity contribution in [2.45, 2.75) is 38.7 Å². The number of halogens is 3. The molecular weight excluding hydrogens is 457 g/mol. The molecule has 1 atom stereocenters. The van der Waals surface area contributed by atoms with Gasteiger partial charge in [-0.15, -0.1) is 0 Å². The van der Waals surface area contributed by atoms with Crippen LogP contribution in [0.4, 0.5) is 13.2 Å². The van der Waals surface area contributed by atoms with Crippen LogP contribution in [0.15, 0.2) is 76.3 Å². The highest BCUT2D eigenvalue weighted by atomic mass is 19.4. The molecule has 0 saturated heterocycles. The number of hydrogen-bond acceptors (Lipinski definition) is 5. The van der Waals surface area contributed by atoms with Crippen molar-refractivity contribution in [1.82, 2.24) is 19.4 Å². The minimum atomic E-state index is -4.37. The number of fused-ring (bicyclic) bond motifs is 1. The lowest BCUT2D eigenvalue weighted by Gasteiger charge is -2.30. The molecule has 4 aromatic rings. The first-order valence-corrected chi connectivity index (χ1v) is 11.2. The molecule has 180 valence electrons. The standard InChI is InChI=1S/C26H23F3N4O2/c1-17-31-22-11-13-32(15-18-7-9-20(10-8-18)26(27,28)29)16-21(22)25(34)33(17)23(24-30-12-14-35-24)19-5-3-2-4-6-19/h2-10,12,14,23H,11,13,15-16H2,1H3. The smallest absolute Gasteiger partial charge is 0.416 e. The summed E-state index contributed by atoms with van der Waals surface area (Å²) >= 11 is 0. The Morgan fingerprint density at radius 1 is 1.09 bits per heavy atom. The number of benzene rings is 2. The molecule has 5 rings (SSSR count). The number of oxazole rings is 1. The summed E-state index contributed by atoms with van der Waals surface area (Å²) in [7, 11) is 0. The molecule has 0 amide bonds. The molecule has 0 fully saturated rings. The fraction of sp³-hybridized carbons (Fsp3) is 0.269. The molecule has 35 heavy (non-hydrogen) atoms. The van der Waals surface area contributed by atoms with E-state index in [4.69, 9.17) is 9.40 Å². The molecule has 2 aromatic carbocycles. The third kappa shape index (κ3) is 4.64. The van der Waals surface area contributed by atoms with Gasteiger partial charge in [-0.2, -0.15) is 13.2 Å². The molecule has 0 saturated carbocycles. The number of alkyl halides is 3. The SMILES string of the molecule is Cc1nc2c(c(=O)n1C(c1ccccc1)c1ncco1)CN(Cc1ccc(C(F)(F)F)cc1)CC2. The third-order valence-corrected chi connectivity index (χ3v) is 6.26. The lowest BCUT2D eigenvalue weighted by Crippen LogP contribution is -2.40. The summed E-state index contributed by atoms with van der Waals surface area (Å²) < 4.78 is 45.9. The molecule has 6 nitrogen and oxygen atoms in total. The molecule has 0 aliphatic carbocycles. The van der Waals surface area contributed by atoms with Gasteiger partial charge in [-0.3, -0.25) is 14.3 Å². The van der Waals surface area contributed by atoms with E-state index in [2.05, 4.69) is 9.88 Å². The van der Waals surface area contributed by atoms with Gasteiger partial charge in [-0.1, -0.05) is 42.5 Å². The Bertz CT molecular complexity index is 1360. The molecule has 9 heteroatoms. The molecule has 0 bridgehead atoms. The van der Waals surface area contributed by atoms with Gasteiger partial charge in [0.05, 0.1) is 23.0 Å².